The number of aryl methyl sites for hydroxylation is 2. The van der Waals surface area contributed by atoms with Crippen LogP contribution in [0.5, 0.6) is 0 Å². The van der Waals surface area contributed by atoms with Crippen LogP contribution in [-0.2, 0) is 9.84 Å². The van der Waals surface area contributed by atoms with Gasteiger partial charge in [-0.2, -0.15) is 0 Å². The molecule has 1 aromatic carbocycles. The Kier molecular flexibility index (Phi) is 6.39. The third-order valence-corrected chi connectivity index (χ3v) is 8.01. The fourth-order valence-electron chi connectivity index (χ4n) is 4.64. The van der Waals surface area contributed by atoms with Crippen LogP contribution >= 0.6 is 11.6 Å². The lowest BCUT2D eigenvalue weighted by Crippen LogP contribution is -2.26. The molecule has 1 saturated carbocycles. The lowest BCUT2D eigenvalue weighted by Gasteiger charge is -2.17. The quantitative estimate of drug-likeness (QED) is 0.339. The first-order valence-corrected chi connectivity index (χ1v) is 13.7. The number of benzene rings is 1. The van der Waals surface area contributed by atoms with E-state index in [1.807, 2.05) is 0 Å². The molecule has 0 saturated heterocycles. The number of halogens is 4. The first-order chi connectivity index (χ1) is 17.9. The molecular weight excluding hydrogens is 541 g/mol. The SMILES string of the molecule is Cc1cnc(-c2cccc(S(C)(=O)=O)c2F)c(F)c1-n1c(C)nc([C@H]2C[C@@H]2c2cncc(F)c2)c(Cl)c1=O. The molecule has 0 unspecified atom stereocenters. The zero-order valence-electron chi connectivity index (χ0n) is 20.3. The number of nitrogens with zero attached hydrogens (tertiary/aromatic N) is 4. The van der Waals surface area contributed by atoms with Crippen molar-refractivity contribution in [3.63, 3.8) is 0 Å². The summed E-state index contributed by atoms with van der Waals surface area (Å²) in [5, 5.41) is -0.213. The molecule has 0 radical (unpaired) electrons. The number of sulfone groups is 1. The van der Waals surface area contributed by atoms with Crippen molar-refractivity contribution in [1.82, 2.24) is 19.5 Å². The van der Waals surface area contributed by atoms with E-state index in [-0.39, 0.29) is 39.5 Å². The maximum Gasteiger partial charge on any atom is 0.277 e. The predicted molar refractivity (Wildman–Crippen MR) is 135 cm³/mol. The highest BCUT2D eigenvalue weighted by molar-refractivity contribution is 7.90. The van der Waals surface area contributed by atoms with Crippen LogP contribution in [0.25, 0.3) is 16.9 Å². The summed E-state index contributed by atoms with van der Waals surface area (Å²) in [6, 6.07) is 4.92. The number of aromatic nitrogens is 4. The van der Waals surface area contributed by atoms with Gasteiger partial charge < -0.3 is 0 Å². The van der Waals surface area contributed by atoms with E-state index in [9.17, 15) is 17.6 Å². The molecule has 1 aliphatic rings. The van der Waals surface area contributed by atoms with E-state index in [0.29, 0.717) is 17.7 Å². The van der Waals surface area contributed by atoms with Gasteiger partial charge >= 0.3 is 0 Å². The van der Waals surface area contributed by atoms with Gasteiger partial charge in [-0.3, -0.25) is 19.3 Å². The summed E-state index contributed by atoms with van der Waals surface area (Å²) in [5.74, 6) is -2.90. The molecule has 196 valence electrons. The summed E-state index contributed by atoms with van der Waals surface area (Å²) in [5.41, 5.74) is -0.589. The molecule has 0 amide bonds. The Morgan fingerprint density at radius 1 is 1.05 bits per heavy atom. The molecule has 38 heavy (non-hydrogen) atoms. The van der Waals surface area contributed by atoms with E-state index in [2.05, 4.69) is 15.0 Å². The van der Waals surface area contributed by atoms with Crippen molar-refractivity contribution in [1.29, 1.82) is 0 Å². The molecule has 12 heteroatoms. The average molecular weight is 561 g/mol. The van der Waals surface area contributed by atoms with Crippen molar-refractivity contribution in [2.45, 2.75) is 37.0 Å². The van der Waals surface area contributed by atoms with Crippen LogP contribution in [0.3, 0.4) is 0 Å². The van der Waals surface area contributed by atoms with E-state index in [0.717, 1.165) is 23.1 Å². The molecule has 3 heterocycles. The summed E-state index contributed by atoms with van der Waals surface area (Å²) in [6.07, 6.45) is 5.32. The fourth-order valence-corrected chi connectivity index (χ4v) is 5.67. The molecule has 0 bridgehead atoms. The normalized spacial score (nSPS) is 17.0. The van der Waals surface area contributed by atoms with Crippen molar-refractivity contribution >= 4 is 21.4 Å². The molecule has 0 N–H and O–H groups in total. The minimum atomic E-state index is -3.93. The highest BCUT2D eigenvalue weighted by atomic mass is 35.5. The molecule has 0 spiro atoms. The molecule has 1 aliphatic carbocycles. The smallest absolute Gasteiger partial charge is 0.267 e. The molecule has 5 rings (SSSR count). The zero-order valence-corrected chi connectivity index (χ0v) is 21.9. The van der Waals surface area contributed by atoms with Gasteiger partial charge in [0.15, 0.2) is 21.5 Å². The van der Waals surface area contributed by atoms with Gasteiger partial charge in [0, 0.05) is 30.1 Å². The molecule has 2 atom stereocenters. The maximum absolute atomic E-state index is 15.9. The lowest BCUT2D eigenvalue weighted by atomic mass is 10.1. The minimum absolute atomic E-state index is 0.117. The topological polar surface area (TPSA) is 94.8 Å². The second kappa shape index (κ2) is 9.32. The minimum Gasteiger partial charge on any atom is -0.267 e. The summed E-state index contributed by atoms with van der Waals surface area (Å²) in [6.45, 7) is 3.02. The van der Waals surface area contributed by atoms with Crippen molar-refractivity contribution in [2.75, 3.05) is 6.26 Å². The molecular formula is C26H20ClF3N4O3S. The van der Waals surface area contributed by atoms with E-state index in [1.165, 1.54) is 38.2 Å². The van der Waals surface area contributed by atoms with E-state index >= 15 is 8.78 Å². The highest BCUT2D eigenvalue weighted by Crippen LogP contribution is 2.55. The van der Waals surface area contributed by atoms with Crippen molar-refractivity contribution in [3.05, 3.63) is 98.3 Å². The first-order valence-electron chi connectivity index (χ1n) is 11.4. The Balaban J connectivity index is 1.62. The second-order valence-electron chi connectivity index (χ2n) is 9.23. The molecule has 4 aromatic rings. The summed E-state index contributed by atoms with van der Waals surface area (Å²) in [4.78, 5) is 25.2. The van der Waals surface area contributed by atoms with E-state index in [4.69, 9.17) is 11.6 Å². The second-order valence-corrected chi connectivity index (χ2v) is 11.6. The molecule has 1 fully saturated rings. The van der Waals surface area contributed by atoms with Crippen molar-refractivity contribution in [2.24, 2.45) is 0 Å². The summed E-state index contributed by atoms with van der Waals surface area (Å²) < 4.78 is 69.6. The number of rotatable bonds is 5. The number of hydrogen-bond acceptors (Lipinski definition) is 6. The van der Waals surface area contributed by atoms with Gasteiger partial charge in [0.25, 0.3) is 5.56 Å². The van der Waals surface area contributed by atoms with Gasteiger partial charge in [0.1, 0.15) is 27.3 Å². The van der Waals surface area contributed by atoms with Gasteiger partial charge in [-0.25, -0.2) is 26.6 Å². The van der Waals surface area contributed by atoms with Crippen molar-refractivity contribution in [3.8, 4) is 16.9 Å². The van der Waals surface area contributed by atoms with Crippen LogP contribution in [0.2, 0.25) is 5.02 Å². The lowest BCUT2D eigenvalue weighted by molar-refractivity contribution is 0.568. The molecule has 7 nitrogen and oxygen atoms in total. The van der Waals surface area contributed by atoms with Gasteiger partial charge in [0.05, 0.1) is 17.6 Å². The maximum atomic E-state index is 15.9. The number of hydrogen-bond donors (Lipinski definition) is 0. The van der Waals surface area contributed by atoms with Gasteiger partial charge in [-0.1, -0.05) is 17.7 Å². The van der Waals surface area contributed by atoms with Crippen LogP contribution in [-0.4, -0.2) is 34.2 Å². The number of pyridine rings is 2. The van der Waals surface area contributed by atoms with Gasteiger partial charge in [-0.15, -0.1) is 0 Å². The van der Waals surface area contributed by atoms with Crippen LogP contribution < -0.4 is 5.56 Å². The van der Waals surface area contributed by atoms with Gasteiger partial charge in [-0.05, 0) is 55.5 Å². The van der Waals surface area contributed by atoms with Crippen LogP contribution in [0.1, 0.15) is 40.9 Å². The van der Waals surface area contributed by atoms with Crippen LogP contribution in [0.15, 0.2) is 52.5 Å². The molecule has 0 aliphatic heterocycles. The zero-order chi connectivity index (χ0) is 27.5. The van der Waals surface area contributed by atoms with E-state index in [1.54, 1.807) is 6.20 Å². The van der Waals surface area contributed by atoms with Crippen molar-refractivity contribution < 1.29 is 21.6 Å². The third-order valence-electron chi connectivity index (χ3n) is 6.54. The third kappa shape index (κ3) is 4.39. The van der Waals surface area contributed by atoms with E-state index < -0.39 is 43.4 Å². The average Bonchev–Trinajstić information content (AvgIpc) is 3.64. The van der Waals surface area contributed by atoms with Gasteiger partial charge in [0.2, 0.25) is 0 Å². The Labute approximate surface area is 220 Å². The monoisotopic (exact) mass is 560 g/mol. The Morgan fingerprint density at radius 3 is 2.47 bits per heavy atom. The highest BCUT2D eigenvalue weighted by Gasteiger charge is 2.43. The first kappa shape index (κ1) is 26.1. The van der Waals surface area contributed by atoms with Crippen LogP contribution in [0.4, 0.5) is 13.2 Å². The molecule has 3 aromatic heterocycles. The Morgan fingerprint density at radius 2 is 1.79 bits per heavy atom. The summed E-state index contributed by atoms with van der Waals surface area (Å²) >= 11 is 6.45. The predicted octanol–water partition coefficient (Wildman–Crippen LogP) is 5.05. The Bertz CT molecular complexity index is 1790. The standard InChI is InChI=1S/C26H20ClF3N4O3S/c1-12-9-32-24(16-5-4-6-19(21(16)29)38(3,36)37)22(30)25(12)34-13(2)33-23(20(27)26(34)35)18-8-17(18)14-7-15(28)11-31-10-14/h4-7,9-11,17-18H,8H2,1-3H3/t17-,18+/m1/s1. The summed E-state index contributed by atoms with van der Waals surface area (Å²) in [7, 11) is -3.93. The Hall–Kier alpha value is -3.57. The fraction of sp³-hybridized carbons (Fsp3) is 0.231. The van der Waals surface area contributed by atoms with Crippen LogP contribution in [0, 0.1) is 31.3 Å². The largest absolute Gasteiger partial charge is 0.277 e.